The Morgan fingerprint density at radius 2 is 1.48 bits per heavy atom. The number of para-hydroxylation sites is 1. The van der Waals surface area contributed by atoms with Crippen molar-refractivity contribution >= 4 is 57.3 Å². The van der Waals surface area contributed by atoms with E-state index in [4.69, 9.17) is 0 Å². The Labute approximate surface area is 187 Å². The summed E-state index contributed by atoms with van der Waals surface area (Å²) in [6.07, 6.45) is 1.38. The molecule has 1 fully saturated rings. The molecule has 5 amide bonds. The van der Waals surface area contributed by atoms with E-state index in [0.717, 1.165) is 21.8 Å². The first-order valence-electron chi connectivity index (χ1n) is 10.2. The number of H-pyrrole nitrogens is 1. The Morgan fingerprint density at radius 3 is 2.21 bits per heavy atom. The number of fused-ring (bicyclic) bond motifs is 3. The van der Waals surface area contributed by atoms with Gasteiger partial charge in [-0.25, -0.2) is 4.79 Å². The van der Waals surface area contributed by atoms with Crippen molar-refractivity contribution in [2.45, 2.75) is 0 Å². The number of carbonyl (C=O) groups is 4. The maximum atomic E-state index is 13.1. The van der Waals surface area contributed by atoms with E-state index in [-0.39, 0.29) is 11.5 Å². The molecular weight excluding hydrogens is 420 g/mol. The highest BCUT2D eigenvalue weighted by molar-refractivity contribution is 6.31. The molecular formula is C25H18N4O4. The number of aromatic amines is 1. The zero-order valence-corrected chi connectivity index (χ0v) is 17.5. The van der Waals surface area contributed by atoms with Crippen molar-refractivity contribution in [3.63, 3.8) is 0 Å². The van der Waals surface area contributed by atoms with E-state index in [1.54, 1.807) is 37.4 Å². The van der Waals surface area contributed by atoms with E-state index in [9.17, 15) is 19.2 Å². The predicted molar refractivity (Wildman–Crippen MR) is 125 cm³/mol. The van der Waals surface area contributed by atoms with Crippen molar-refractivity contribution in [3.05, 3.63) is 83.4 Å². The number of aromatic nitrogens is 1. The third-order valence-electron chi connectivity index (χ3n) is 5.59. The zero-order valence-electron chi connectivity index (χ0n) is 17.5. The molecule has 162 valence electrons. The molecule has 8 nitrogen and oxygen atoms in total. The fourth-order valence-corrected chi connectivity index (χ4v) is 3.86. The number of nitrogens with zero attached hydrogens (tertiary/aromatic N) is 1. The number of amides is 5. The molecule has 0 unspecified atom stereocenters. The molecule has 0 saturated carbocycles. The summed E-state index contributed by atoms with van der Waals surface area (Å²) in [7, 11) is 1.68. The van der Waals surface area contributed by atoms with Crippen molar-refractivity contribution in [1.29, 1.82) is 0 Å². The average molecular weight is 438 g/mol. The SMILES string of the molecule is CN(C(=O)c1ccc2[nH]c3ccccc3c2c1)c1ccc(C=C2C(=O)NC(=O)NC2=O)cc1. The van der Waals surface area contributed by atoms with Crippen LogP contribution in [0.5, 0.6) is 0 Å². The highest BCUT2D eigenvalue weighted by atomic mass is 16.2. The highest BCUT2D eigenvalue weighted by Gasteiger charge is 2.27. The molecule has 1 aliphatic heterocycles. The lowest BCUT2D eigenvalue weighted by atomic mass is 10.1. The summed E-state index contributed by atoms with van der Waals surface area (Å²) in [5.41, 5.74) is 3.59. The first kappa shape index (κ1) is 20.2. The van der Waals surface area contributed by atoms with E-state index < -0.39 is 17.8 Å². The van der Waals surface area contributed by atoms with Crippen molar-refractivity contribution in [2.24, 2.45) is 0 Å². The van der Waals surface area contributed by atoms with E-state index >= 15 is 0 Å². The number of imide groups is 2. The molecule has 4 aromatic rings. The molecule has 1 aliphatic rings. The largest absolute Gasteiger partial charge is 0.355 e. The summed E-state index contributed by atoms with van der Waals surface area (Å²) in [4.78, 5) is 52.9. The lowest BCUT2D eigenvalue weighted by Gasteiger charge is -2.18. The Hall–Kier alpha value is -4.72. The number of hydrogen-bond acceptors (Lipinski definition) is 4. The van der Waals surface area contributed by atoms with Crippen LogP contribution >= 0.6 is 0 Å². The molecule has 33 heavy (non-hydrogen) atoms. The summed E-state index contributed by atoms with van der Waals surface area (Å²) in [5.74, 6) is -1.68. The van der Waals surface area contributed by atoms with Gasteiger partial charge >= 0.3 is 6.03 Å². The quantitative estimate of drug-likeness (QED) is 0.336. The average Bonchev–Trinajstić information content (AvgIpc) is 3.19. The minimum absolute atomic E-state index is 0.168. The second-order valence-corrected chi connectivity index (χ2v) is 7.68. The van der Waals surface area contributed by atoms with Crippen LogP contribution in [0, 0.1) is 0 Å². The molecule has 2 heterocycles. The summed E-state index contributed by atoms with van der Waals surface area (Å²) in [6.45, 7) is 0. The smallest absolute Gasteiger partial charge is 0.328 e. The standard InChI is InChI=1S/C25H18N4O4/c1-29(16-9-6-14(7-10-16)12-19-22(30)27-25(33)28-23(19)31)24(32)15-8-11-21-18(13-15)17-4-2-3-5-20(17)26-21/h2-13,26H,1H3,(H2,27,28,30,31,33). The van der Waals surface area contributed by atoms with Crippen molar-refractivity contribution in [2.75, 3.05) is 11.9 Å². The lowest BCUT2D eigenvalue weighted by molar-refractivity contribution is -0.123. The highest BCUT2D eigenvalue weighted by Crippen LogP contribution is 2.27. The monoisotopic (exact) mass is 438 g/mol. The number of rotatable bonds is 3. The van der Waals surface area contributed by atoms with Crippen LogP contribution in [0.1, 0.15) is 15.9 Å². The molecule has 1 aromatic heterocycles. The first-order chi connectivity index (χ1) is 15.9. The molecule has 8 heteroatoms. The van der Waals surface area contributed by atoms with Crippen LogP contribution in [0.3, 0.4) is 0 Å². The molecule has 3 N–H and O–H groups in total. The van der Waals surface area contributed by atoms with Gasteiger partial charge in [-0.3, -0.25) is 25.0 Å². The minimum atomic E-state index is -0.844. The number of nitrogens with one attached hydrogen (secondary N) is 3. The van der Waals surface area contributed by atoms with Crippen molar-refractivity contribution in [3.8, 4) is 0 Å². The third kappa shape index (κ3) is 3.63. The molecule has 0 bridgehead atoms. The van der Waals surface area contributed by atoms with Crippen LogP contribution in [-0.2, 0) is 9.59 Å². The van der Waals surface area contributed by atoms with Crippen LogP contribution in [0.25, 0.3) is 27.9 Å². The lowest BCUT2D eigenvalue weighted by Crippen LogP contribution is -2.51. The fraction of sp³-hybridized carbons (Fsp3) is 0.0400. The van der Waals surface area contributed by atoms with Gasteiger partial charge in [-0.1, -0.05) is 30.3 Å². The Kier molecular flexibility index (Phi) is 4.75. The normalized spacial score (nSPS) is 13.7. The number of carbonyl (C=O) groups excluding carboxylic acids is 4. The molecule has 0 spiro atoms. The number of anilines is 1. The predicted octanol–water partition coefficient (Wildman–Crippen LogP) is 3.35. The molecule has 0 aliphatic carbocycles. The van der Waals surface area contributed by atoms with Crippen LogP contribution in [0.15, 0.2) is 72.3 Å². The summed E-state index contributed by atoms with van der Waals surface area (Å²) >= 11 is 0. The molecule has 0 radical (unpaired) electrons. The maximum Gasteiger partial charge on any atom is 0.328 e. The van der Waals surface area contributed by atoms with Gasteiger partial charge in [0, 0.05) is 40.1 Å². The van der Waals surface area contributed by atoms with E-state index in [0.29, 0.717) is 16.8 Å². The first-order valence-corrected chi connectivity index (χ1v) is 10.2. The summed E-state index contributed by atoms with van der Waals surface area (Å²) < 4.78 is 0. The number of barbiturate groups is 1. The number of urea groups is 1. The second kappa shape index (κ2) is 7.76. The maximum absolute atomic E-state index is 13.1. The van der Waals surface area contributed by atoms with E-state index in [2.05, 4.69) is 4.98 Å². The molecule has 1 saturated heterocycles. The third-order valence-corrected chi connectivity index (χ3v) is 5.59. The molecule has 0 atom stereocenters. The minimum Gasteiger partial charge on any atom is -0.355 e. The van der Waals surface area contributed by atoms with Crippen LogP contribution < -0.4 is 15.5 Å². The summed E-state index contributed by atoms with van der Waals surface area (Å²) in [5, 5.41) is 6.10. The van der Waals surface area contributed by atoms with Gasteiger partial charge in [0.25, 0.3) is 17.7 Å². The summed E-state index contributed by atoms with van der Waals surface area (Å²) in [6, 6.07) is 19.5. The van der Waals surface area contributed by atoms with Crippen LogP contribution in [0.2, 0.25) is 0 Å². The van der Waals surface area contributed by atoms with Gasteiger partial charge in [0.05, 0.1) is 0 Å². The van der Waals surface area contributed by atoms with Crippen LogP contribution in [0.4, 0.5) is 10.5 Å². The van der Waals surface area contributed by atoms with Gasteiger partial charge in [0.1, 0.15) is 5.57 Å². The Morgan fingerprint density at radius 1 is 0.818 bits per heavy atom. The Balaban J connectivity index is 1.40. The van der Waals surface area contributed by atoms with Gasteiger partial charge in [0.15, 0.2) is 0 Å². The molecule has 3 aromatic carbocycles. The van der Waals surface area contributed by atoms with E-state index in [1.807, 2.05) is 47.0 Å². The van der Waals surface area contributed by atoms with Crippen molar-refractivity contribution < 1.29 is 19.2 Å². The van der Waals surface area contributed by atoms with Crippen molar-refractivity contribution in [1.82, 2.24) is 15.6 Å². The zero-order chi connectivity index (χ0) is 23.1. The van der Waals surface area contributed by atoms with Gasteiger partial charge < -0.3 is 9.88 Å². The van der Waals surface area contributed by atoms with Crippen LogP contribution in [-0.4, -0.2) is 35.8 Å². The second-order valence-electron chi connectivity index (χ2n) is 7.68. The number of hydrogen-bond donors (Lipinski definition) is 3. The van der Waals surface area contributed by atoms with Gasteiger partial charge in [-0.2, -0.15) is 0 Å². The fourth-order valence-electron chi connectivity index (χ4n) is 3.86. The van der Waals surface area contributed by atoms with Gasteiger partial charge in [-0.15, -0.1) is 0 Å². The molecule has 5 rings (SSSR count). The Bertz CT molecular complexity index is 1480. The number of benzene rings is 3. The van der Waals surface area contributed by atoms with Gasteiger partial charge in [0.2, 0.25) is 0 Å². The van der Waals surface area contributed by atoms with Gasteiger partial charge in [-0.05, 0) is 48.0 Å². The topological polar surface area (TPSA) is 111 Å². The van der Waals surface area contributed by atoms with E-state index in [1.165, 1.54) is 11.0 Å².